The summed E-state index contributed by atoms with van der Waals surface area (Å²) in [7, 11) is 0. The van der Waals surface area contributed by atoms with Crippen LogP contribution in [0.5, 0.6) is 11.5 Å². The molecule has 0 saturated heterocycles. The van der Waals surface area contributed by atoms with E-state index in [0.29, 0.717) is 30.3 Å². The fourth-order valence-corrected chi connectivity index (χ4v) is 1.93. The normalized spacial score (nSPS) is 13.2. The molecular formula is C17H18O7. The Morgan fingerprint density at radius 3 is 2.42 bits per heavy atom. The van der Waals surface area contributed by atoms with Gasteiger partial charge in [0.25, 0.3) is 0 Å². The third-order valence-electron chi connectivity index (χ3n) is 3.06. The predicted octanol–water partition coefficient (Wildman–Crippen LogP) is 1.69. The van der Waals surface area contributed by atoms with Crippen molar-refractivity contribution in [2.75, 3.05) is 26.4 Å². The molecule has 1 aliphatic heterocycles. The van der Waals surface area contributed by atoms with Gasteiger partial charge in [-0.05, 0) is 25.1 Å². The lowest BCUT2D eigenvalue weighted by atomic mass is 10.1. The van der Waals surface area contributed by atoms with E-state index >= 15 is 0 Å². The van der Waals surface area contributed by atoms with E-state index in [1.807, 2.05) is 0 Å². The minimum Gasteiger partial charge on any atom is -0.490 e. The lowest BCUT2D eigenvalue weighted by molar-refractivity contribution is -0.139. The summed E-state index contributed by atoms with van der Waals surface area (Å²) in [5.41, 5.74) is 0.349. The Labute approximate surface area is 139 Å². The average molecular weight is 334 g/mol. The fourth-order valence-electron chi connectivity index (χ4n) is 1.93. The zero-order valence-electron chi connectivity index (χ0n) is 13.3. The topological polar surface area (TPSA) is 88.1 Å². The zero-order valence-corrected chi connectivity index (χ0v) is 13.3. The van der Waals surface area contributed by atoms with Crippen LogP contribution in [0.2, 0.25) is 0 Å². The van der Waals surface area contributed by atoms with E-state index < -0.39 is 18.5 Å². The molecule has 128 valence electrons. The highest BCUT2D eigenvalue weighted by Crippen LogP contribution is 2.30. The van der Waals surface area contributed by atoms with Gasteiger partial charge in [0.2, 0.25) is 0 Å². The third kappa shape index (κ3) is 5.12. The lowest BCUT2D eigenvalue weighted by Crippen LogP contribution is -2.13. The van der Waals surface area contributed by atoms with Crippen LogP contribution in [0.25, 0.3) is 0 Å². The summed E-state index contributed by atoms with van der Waals surface area (Å²) in [6.07, 6.45) is 2.63. The summed E-state index contributed by atoms with van der Waals surface area (Å²) in [6, 6.07) is 4.79. The van der Waals surface area contributed by atoms with Crippen LogP contribution in [-0.2, 0) is 19.1 Å². The van der Waals surface area contributed by atoms with Crippen molar-refractivity contribution in [3.8, 4) is 11.5 Å². The Kier molecular flexibility index (Phi) is 6.36. The van der Waals surface area contributed by atoms with Crippen LogP contribution in [0.15, 0.2) is 30.4 Å². The van der Waals surface area contributed by atoms with E-state index in [4.69, 9.17) is 14.2 Å². The Morgan fingerprint density at radius 1 is 1.04 bits per heavy atom. The highest BCUT2D eigenvalue weighted by atomic mass is 16.5. The number of ketones is 1. The first-order valence-corrected chi connectivity index (χ1v) is 7.54. The molecule has 0 aliphatic carbocycles. The SMILES string of the molecule is CCOC(=O)/C=C/C(=O)OCC(=O)c1ccc2c(c1)OCCCO2. The largest absolute Gasteiger partial charge is 0.490 e. The molecule has 1 aromatic carbocycles. The number of Topliss-reactive ketones (excluding diaryl/α,β-unsaturated/α-hetero) is 1. The van der Waals surface area contributed by atoms with Crippen LogP contribution in [0.4, 0.5) is 0 Å². The maximum atomic E-state index is 12.1. The molecule has 0 atom stereocenters. The maximum absolute atomic E-state index is 12.1. The van der Waals surface area contributed by atoms with Gasteiger partial charge in [-0.25, -0.2) is 9.59 Å². The summed E-state index contributed by atoms with van der Waals surface area (Å²) in [4.78, 5) is 34.6. The number of benzene rings is 1. The van der Waals surface area contributed by atoms with Crippen molar-refractivity contribution in [3.63, 3.8) is 0 Å². The smallest absolute Gasteiger partial charge is 0.331 e. The molecule has 0 unspecified atom stereocenters. The molecule has 0 fully saturated rings. The molecule has 7 heteroatoms. The summed E-state index contributed by atoms with van der Waals surface area (Å²) in [5, 5.41) is 0. The number of carbonyl (C=O) groups excluding carboxylic acids is 3. The van der Waals surface area contributed by atoms with Gasteiger partial charge in [-0.3, -0.25) is 4.79 Å². The van der Waals surface area contributed by atoms with E-state index in [9.17, 15) is 14.4 Å². The molecule has 1 aliphatic rings. The highest BCUT2D eigenvalue weighted by Gasteiger charge is 2.15. The van der Waals surface area contributed by atoms with E-state index in [2.05, 4.69) is 4.74 Å². The maximum Gasteiger partial charge on any atom is 0.331 e. The third-order valence-corrected chi connectivity index (χ3v) is 3.06. The van der Waals surface area contributed by atoms with Crippen molar-refractivity contribution < 1.29 is 33.3 Å². The van der Waals surface area contributed by atoms with E-state index in [1.165, 1.54) is 0 Å². The quantitative estimate of drug-likeness (QED) is 0.444. The van der Waals surface area contributed by atoms with Gasteiger partial charge in [0.15, 0.2) is 23.9 Å². The molecule has 0 aromatic heterocycles. The highest BCUT2D eigenvalue weighted by molar-refractivity contribution is 5.99. The van der Waals surface area contributed by atoms with Crippen LogP contribution in [-0.4, -0.2) is 44.1 Å². The number of ether oxygens (including phenoxy) is 4. The van der Waals surface area contributed by atoms with Crippen molar-refractivity contribution in [3.05, 3.63) is 35.9 Å². The second-order valence-electron chi connectivity index (χ2n) is 4.83. The number of fused-ring (bicyclic) bond motifs is 1. The van der Waals surface area contributed by atoms with Gasteiger partial charge in [-0.1, -0.05) is 0 Å². The number of rotatable bonds is 6. The summed E-state index contributed by atoms with van der Waals surface area (Å²) in [6.45, 7) is 2.49. The summed E-state index contributed by atoms with van der Waals surface area (Å²) in [5.74, 6) is -0.761. The second-order valence-corrected chi connectivity index (χ2v) is 4.83. The number of hydrogen-bond donors (Lipinski definition) is 0. The molecule has 0 bridgehead atoms. The fraction of sp³-hybridized carbons (Fsp3) is 0.353. The van der Waals surface area contributed by atoms with Crippen LogP contribution in [0.3, 0.4) is 0 Å². The molecular weight excluding hydrogens is 316 g/mol. The number of hydrogen-bond acceptors (Lipinski definition) is 7. The zero-order chi connectivity index (χ0) is 17.4. The van der Waals surface area contributed by atoms with E-state index in [-0.39, 0.29) is 12.4 Å². The van der Waals surface area contributed by atoms with Crippen molar-refractivity contribution in [2.45, 2.75) is 13.3 Å². The van der Waals surface area contributed by atoms with Crippen LogP contribution in [0.1, 0.15) is 23.7 Å². The minimum absolute atomic E-state index is 0.209. The molecule has 0 spiro atoms. The Bertz CT molecular complexity index is 648. The van der Waals surface area contributed by atoms with Crippen molar-refractivity contribution in [1.82, 2.24) is 0 Å². The van der Waals surface area contributed by atoms with E-state index in [1.54, 1.807) is 25.1 Å². The molecule has 7 nitrogen and oxygen atoms in total. The van der Waals surface area contributed by atoms with Gasteiger partial charge in [0, 0.05) is 24.1 Å². The second kappa shape index (κ2) is 8.71. The lowest BCUT2D eigenvalue weighted by Gasteiger charge is -2.08. The predicted molar refractivity (Wildman–Crippen MR) is 83.1 cm³/mol. The molecule has 2 rings (SSSR count). The monoisotopic (exact) mass is 334 g/mol. The molecule has 1 aromatic rings. The van der Waals surface area contributed by atoms with Gasteiger partial charge in [0.1, 0.15) is 0 Å². The minimum atomic E-state index is -0.800. The van der Waals surface area contributed by atoms with Gasteiger partial charge >= 0.3 is 11.9 Å². The average Bonchev–Trinajstić information content (AvgIpc) is 2.82. The first-order valence-electron chi connectivity index (χ1n) is 7.54. The summed E-state index contributed by atoms with van der Waals surface area (Å²) >= 11 is 0. The first-order chi connectivity index (χ1) is 11.6. The van der Waals surface area contributed by atoms with Crippen molar-refractivity contribution in [2.24, 2.45) is 0 Å². The number of esters is 2. The molecule has 0 amide bonds. The standard InChI is InChI=1S/C17H18O7/c1-2-21-16(19)6-7-17(20)24-11-13(18)12-4-5-14-15(10-12)23-9-3-8-22-14/h4-7,10H,2-3,8-9,11H2,1H3/b7-6+. The molecule has 24 heavy (non-hydrogen) atoms. The molecule has 1 heterocycles. The summed E-state index contributed by atoms with van der Waals surface area (Å²) < 4.78 is 20.4. The molecule has 0 saturated carbocycles. The van der Waals surface area contributed by atoms with Crippen molar-refractivity contribution >= 4 is 17.7 Å². The van der Waals surface area contributed by atoms with Crippen molar-refractivity contribution in [1.29, 1.82) is 0 Å². The van der Waals surface area contributed by atoms with Crippen LogP contribution < -0.4 is 9.47 Å². The Morgan fingerprint density at radius 2 is 1.71 bits per heavy atom. The Balaban J connectivity index is 1.89. The number of carbonyl (C=O) groups is 3. The first kappa shape index (κ1) is 17.5. The van der Waals surface area contributed by atoms with Gasteiger partial charge in [0.05, 0.1) is 19.8 Å². The van der Waals surface area contributed by atoms with Crippen LogP contribution >= 0.6 is 0 Å². The van der Waals surface area contributed by atoms with Crippen LogP contribution in [0, 0.1) is 0 Å². The molecule has 0 radical (unpaired) electrons. The molecule has 0 N–H and O–H groups in total. The van der Waals surface area contributed by atoms with Gasteiger partial charge in [-0.15, -0.1) is 0 Å². The van der Waals surface area contributed by atoms with Gasteiger partial charge in [-0.2, -0.15) is 0 Å². The van der Waals surface area contributed by atoms with E-state index in [0.717, 1.165) is 18.6 Å². The van der Waals surface area contributed by atoms with Gasteiger partial charge < -0.3 is 18.9 Å². The Hall–Kier alpha value is -2.83.